The highest BCUT2D eigenvalue weighted by molar-refractivity contribution is 5.94. The Morgan fingerprint density at radius 1 is 1.45 bits per heavy atom. The summed E-state index contributed by atoms with van der Waals surface area (Å²) in [5.74, 6) is 0.807. The van der Waals surface area contributed by atoms with Crippen LogP contribution in [-0.4, -0.2) is 36.1 Å². The summed E-state index contributed by atoms with van der Waals surface area (Å²) >= 11 is 0. The number of hydrogen-bond donors (Lipinski definition) is 3. The molecule has 1 aliphatic heterocycles. The molecule has 0 radical (unpaired) electrons. The third kappa shape index (κ3) is 4.10. The highest BCUT2D eigenvalue weighted by Gasteiger charge is 2.21. The number of aromatic amines is 1. The first kappa shape index (κ1) is 18.7. The third-order valence-corrected chi connectivity index (χ3v) is 3.36. The smallest absolute Gasteiger partial charge is 0.238 e. The number of aromatic nitrogens is 2. The lowest BCUT2D eigenvalue weighted by Gasteiger charge is -2.04. The first-order chi connectivity index (χ1) is 9.76. The Hall–Kier alpha value is -1.34. The molecule has 0 bridgehead atoms. The fourth-order valence-electron chi connectivity index (χ4n) is 2.42. The second kappa shape index (κ2) is 8.33. The maximum atomic E-state index is 11.5. The molecule has 2 heterocycles. The maximum Gasteiger partial charge on any atom is 0.238 e. The number of nitrogens with zero attached hydrogens (tertiary/aromatic N) is 1. The van der Waals surface area contributed by atoms with Crippen molar-refractivity contribution in [3.63, 3.8) is 0 Å². The van der Waals surface area contributed by atoms with Gasteiger partial charge in [0.25, 0.3) is 0 Å². The zero-order valence-electron chi connectivity index (χ0n) is 12.2. The fourth-order valence-corrected chi connectivity index (χ4v) is 2.42. The number of ether oxygens (including phenoxy) is 1. The summed E-state index contributed by atoms with van der Waals surface area (Å²) in [7, 11) is 1.74. The lowest BCUT2D eigenvalue weighted by Crippen LogP contribution is -2.24. The van der Waals surface area contributed by atoms with Crippen molar-refractivity contribution in [2.75, 3.05) is 25.5 Å². The van der Waals surface area contributed by atoms with E-state index < -0.39 is 0 Å². The lowest BCUT2D eigenvalue weighted by atomic mass is 10.2. The van der Waals surface area contributed by atoms with Crippen LogP contribution in [0.3, 0.4) is 0 Å². The van der Waals surface area contributed by atoms with E-state index in [0.717, 1.165) is 42.0 Å². The van der Waals surface area contributed by atoms with Gasteiger partial charge in [-0.3, -0.25) is 4.79 Å². The van der Waals surface area contributed by atoms with E-state index in [1.807, 2.05) is 18.2 Å². The summed E-state index contributed by atoms with van der Waals surface area (Å²) in [6, 6.07) is 5.66. The Morgan fingerprint density at radius 3 is 2.95 bits per heavy atom. The first-order valence-electron chi connectivity index (χ1n) is 6.82. The number of fused-ring (bicyclic) bond motifs is 1. The van der Waals surface area contributed by atoms with E-state index in [2.05, 4.69) is 20.6 Å². The number of anilines is 1. The molecular formula is C14H20Cl2N4O2. The Morgan fingerprint density at radius 2 is 2.27 bits per heavy atom. The van der Waals surface area contributed by atoms with Gasteiger partial charge < -0.3 is 20.4 Å². The standard InChI is InChI=1S/C14H18N4O2.2ClH/c1-15-8-13(19)16-9-4-5-10-11(7-9)18-14(17-10)12-3-2-6-20-12;;/h4-5,7,12,15H,2-3,6,8H2,1H3,(H,16,19)(H,17,18);2*1H. The molecule has 0 spiro atoms. The normalized spacial score (nSPS) is 16.9. The molecule has 0 aliphatic carbocycles. The number of nitrogens with one attached hydrogen (secondary N) is 3. The van der Waals surface area contributed by atoms with Gasteiger partial charge in [0, 0.05) is 12.3 Å². The van der Waals surface area contributed by atoms with E-state index in [0.29, 0.717) is 6.54 Å². The van der Waals surface area contributed by atoms with E-state index in [1.165, 1.54) is 0 Å². The Labute approximate surface area is 141 Å². The van der Waals surface area contributed by atoms with E-state index in [-0.39, 0.29) is 36.8 Å². The molecule has 22 heavy (non-hydrogen) atoms. The first-order valence-corrected chi connectivity index (χ1v) is 6.82. The SMILES string of the molecule is CNCC(=O)Nc1ccc2nc(C3CCCO3)[nH]c2c1.Cl.Cl. The number of amides is 1. The van der Waals surface area contributed by atoms with Crippen LogP contribution in [0.15, 0.2) is 18.2 Å². The summed E-state index contributed by atoms with van der Waals surface area (Å²) < 4.78 is 5.62. The van der Waals surface area contributed by atoms with E-state index >= 15 is 0 Å². The van der Waals surface area contributed by atoms with Crippen LogP contribution in [0.25, 0.3) is 11.0 Å². The molecule has 1 amide bonds. The van der Waals surface area contributed by atoms with Crippen molar-refractivity contribution >= 4 is 47.4 Å². The van der Waals surface area contributed by atoms with Gasteiger partial charge in [0.05, 0.1) is 17.6 Å². The molecular weight excluding hydrogens is 327 g/mol. The quantitative estimate of drug-likeness (QED) is 0.794. The summed E-state index contributed by atoms with van der Waals surface area (Å²) in [6.45, 7) is 1.09. The topological polar surface area (TPSA) is 79.0 Å². The number of hydrogen-bond acceptors (Lipinski definition) is 4. The summed E-state index contributed by atoms with van der Waals surface area (Å²) in [6.07, 6.45) is 2.16. The summed E-state index contributed by atoms with van der Waals surface area (Å²) in [4.78, 5) is 19.4. The van der Waals surface area contributed by atoms with Crippen LogP contribution in [0.1, 0.15) is 24.8 Å². The van der Waals surface area contributed by atoms with Gasteiger partial charge in [-0.1, -0.05) is 0 Å². The maximum absolute atomic E-state index is 11.5. The third-order valence-electron chi connectivity index (χ3n) is 3.36. The van der Waals surface area contributed by atoms with Gasteiger partial charge in [-0.15, -0.1) is 24.8 Å². The molecule has 6 nitrogen and oxygen atoms in total. The van der Waals surface area contributed by atoms with Gasteiger partial charge in [0.1, 0.15) is 11.9 Å². The number of rotatable bonds is 4. The highest BCUT2D eigenvalue weighted by atomic mass is 35.5. The Bertz CT molecular complexity index is 626. The molecule has 1 saturated heterocycles. The molecule has 1 aromatic heterocycles. The summed E-state index contributed by atoms with van der Waals surface area (Å²) in [5.41, 5.74) is 2.57. The number of H-pyrrole nitrogens is 1. The van der Waals surface area contributed by atoms with Crippen LogP contribution in [0.4, 0.5) is 5.69 Å². The van der Waals surface area contributed by atoms with Crippen LogP contribution < -0.4 is 10.6 Å². The van der Waals surface area contributed by atoms with Crippen molar-refractivity contribution in [2.45, 2.75) is 18.9 Å². The van der Waals surface area contributed by atoms with Crippen molar-refractivity contribution in [3.05, 3.63) is 24.0 Å². The zero-order chi connectivity index (χ0) is 13.9. The molecule has 1 aromatic carbocycles. The second-order valence-electron chi connectivity index (χ2n) is 4.93. The van der Waals surface area contributed by atoms with Crippen molar-refractivity contribution in [1.29, 1.82) is 0 Å². The van der Waals surface area contributed by atoms with Gasteiger partial charge in [0.2, 0.25) is 5.91 Å². The Balaban J connectivity index is 0.00000121. The van der Waals surface area contributed by atoms with Gasteiger partial charge in [-0.05, 0) is 38.1 Å². The molecule has 2 aromatic rings. The minimum Gasteiger partial charge on any atom is -0.370 e. The van der Waals surface area contributed by atoms with Crippen LogP contribution in [0.5, 0.6) is 0 Å². The average Bonchev–Trinajstić information content (AvgIpc) is 3.07. The number of halogens is 2. The van der Waals surface area contributed by atoms with Gasteiger partial charge >= 0.3 is 0 Å². The number of imidazole rings is 1. The number of benzene rings is 1. The fraction of sp³-hybridized carbons (Fsp3) is 0.429. The molecule has 3 N–H and O–H groups in total. The minimum absolute atomic E-state index is 0. The van der Waals surface area contributed by atoms with Gasteiger partial charge in [-0.25, -0.2) is 4.98 Å². The molecule has 0 saturated carbocycles. The number of carbonyl (C=O) groups excluding carboxylic acids is 1. The predicted octanol–water partition coefficient (Wildman–Crippen LogP) is 2.42. The molecule has 1 atom stereocenters. The van der Waals surface area contributed by atoms with Crippen molar-refractivity contribution in [3.8, 4) is 0 Å². The molecule has 3 rings (SSSR count). The Kier molecular flexibility index (Phi) is 7.09. The van der Waals surface area contributed by atoms with Crippen molar-refractivity contribution in [1.82, 2.24) is 15.3 Å². The monoisotopic (exact) mass is 346 g/mol. The van der Waals surface area contributed by atoms with Crippen LogP contribution in [-0.2, 0) is 9.53 Å². The van der Waals surface area contributed by atoms with Crippen molar-refractivity contribution < 1.29 is 9.53 Å². The van der Waals surface area contributed by atoms with Crippen LogP contribution in [0, 0.1) is 0 Å². The average molecular weight is 347 g/mol. The van der Waals surface area contributed by atoms with E-state index in [4.69, 9.17) is 4.74 Å². The van der Waals surface area contributed by atoms with Crippen LogP contribution in [0.2, 0.25) is 0 Å². The van der Waals surface area contributed by atoms with E-state index in [1.54, 1.807) is 7.05 Å². The van der Waals surface area contributed by atoms with E-state index in [9.17, 15) is 4.79 Å². The highest BCUT2D eigenvalue weighted by Crippen LogP contribution is 2.28. The second-order valence-corrected chi connectivity index (χ2v) is 4.93. The number of carbonyl (C=O) groups is 1. The van der Waals surface area contributed by atoms with Crippen LogP contribution >= 0.6 is 24.8 Å². The van der Waals surface area contributed by atoms with Gasteiger partial charge in [0.15, 0.2) is 0 Å². The summed E-state index contributed by atoms with van der Waals surface area (Å²) in [5, 5.41) is 5.65. The molecule has 122 valence electrons. The largest absolute Gasteiger partial charge is 0.370 e. The molecule has 1 fully saturated rings. The molecule has 1 aliphatic rings. The molecule has 1 unspecified atom stereocenters. The predicted molar refractivity (Wildman–Crippen MR) is 91.1 cm³/mol. The molecule has 8 heteroatoms. The van der Waals surface area contributed by atoms with Gasteiger partial charge in [-0.2, -0.15) is 0 Å². The minimum atomic E-state index is -0.0642. The van der Waals surface area contributed by atoms with Crippen molar-refractivity contribution in [2.24, 2.45) is 0 Å². The lowest BCUT2D eigenvalue weighted by molar-refractivity contribution is -0.115. The zero-order valence-corrected chi connectivity index (χ0v) is 13.9. The number of likely N-dealkylation sites (N-methyl/N-ethyl adjacent to an activating group) is 1.